The van der Waals surface area contributed by atoms with Gasteiger partial charge in [0, 0.05) is 23.4 Å². The third-order valence-electron chi connectivity index (χ3n) is 4.15. The first-order chi connectivity index (χ1) is 10.7. The minimum Gasteiger partial charge on any atom is -0.491 e. The molecule has 0 atom stereocenters. The van der Waals surface area contributed by atoms with Crippen LogP contribution in [0.4, 0.5) is 0 Å². The number of rotatable bonds is 2. The summed E-state index contributed by atoms with van der Waals surface area (Å²) in [5.74, 6) is 1.50. The highest BCUT2D eigenvalue weighted by Gasteiger charge is 2.29. The van der Waals surface area contributed by atoms with E-state index in [1.807, 2.05) is 22.4 Å². The summed E-state index contributed by atoms with van der Waals surface area (Å²) in [6.45, 7) is 3.77. The number of thiazole rings is 1. The van der Waals surface area contributed by atoms with Crippen molar-refractivity contribution in [2.75, 3.05) is 13.2 Å². The van der Waals surface area contributed by atoms with Crippen LogP contribution in [-0.4, -0.2) is 28.9 Å². The number of ether oxygens (including phenoxy) is 1. The molecule has 2 aromatic rings. The van der Waals surface area contributed by atoms with Crippen LogP contribution in [0.3, 0.4) is 0 Å². The van der Waals surface area contributed by atoms with E-state index in [9.17, 15) is 4.79 Å². The maximum absolute atomic E-state index is 12.7. The summed E-state index contributed by atoms with van der Waals surface area (Å²) in [5.41, 5.74) is 2.84. The molecular formula is C17H18N2O2S. The summed E-state index contributed by atoms with van der Waals surface area (Å²) in [6, 6.07) is 6.13. The van der Waals surface area contributed by atoms with Gasteiger partial charge in [-0.15, -0.1) is 11.3 Å². The van der Waals surface area contributed by atoms with E-state index in [2.05, 4.69) is 18.0 Å². The highest BCUT2D eigenvalue weighted by molar-refractivity contribution is 7.10. The average Bonchev–Trinajstić information content (AvgIpc) is 3.28. The second-order valence-corrected chi connectivity index (χ2v) is 6.92. The summed E-state index contributed by atoms with van der Waals surface area (Å²) in [6.07, 6.45) is 2.43. The summed E-state index contributed by atoms with van der Waals surface area (Å²) < 4.78 is 5.76. The number of aromatic nitrogens is 1. The molecule has 22 heavy (non-hydrogen) atoms. The molecule has 1 saturated carbocycles. The average molecular weight is 314 g/mol. The van der Waals surface area contributed by atoms with Crippen LogP contribution < -0.4 is 4.74 Å². The summed E-state index contributed by atoms with van der Waals surface area (Å²) in [7, 11) is 0. The lowest BCUT2D eigenvalue weighted by Crippen LogP contribution is -2.32. The molecule has 2 heterocycles. The van der Waals surface area contributed by atoms with Gasteiger partial charge in [-0.1, -0.05) is 17.7 Å². The molecule has 1 amide bonds. The molecule has 1 aromatic carbocycles. The van der Waals surface area contributed by atoms with E-state index in [1.165, 1.54) is 18.4 Å². The van der Waals surface area contributed by atoms with Gasteiger partial charge in [0.1, 0.15) is 18.1 Å². The zero-order valence-electron chi connectivity index (χ0n) is 12.5. The third-order valence-corrected chi connectivity index (χ3v) is 5.16. The Labute approximate surface area is 133 Å². The normalized spacial score (nSPS) is 17.6. The molecule has 1 aliphatic carbocycles. The number of hydrogen-bond acceptors (Lipinski definition) is 4. The van der Waals surface area contributed by atoms with Crippen molar-refractivity contribution in [1.82, 2.24) is 9.88 Å². The van der Waals surface area contributed by atoms with Crippen molar-refractivity contribution in [2.45, 2.75) is 32.2 Å². The molecule has 0 unspecified atom stereocenters. The van der Waals surface area contributed by atoms with Crippen LogP contribution in [0.1, 0.15) is 45.4 Å². The molecule has 4 nitrogen and oxygen atoms in total. The highest BCUT2D eigenvalue weighted by atomic mass is 32.1. The van der Waals surface area contributed by atoms with Crippen LogP contribution in [0.25, 0.3) is 0 Å². The van der Waals surface area contributed by atoms with Gasteiger partial charge in [-0.05, 0) is 25.8 Å². The van der Waals surface area contributed by atoms with Crippen molar-refractivity contribution in [2.24, 2.45) is 0 Å². The first-order valence-electron chi connectivity index (χ1n) is 7.68. The number of carbonyl (C=O) groups excluding carboxylic acids is 1. The molecule has 0 saturated heterocycles. The molecule has 2 aliphatic rings. The molecular weight excluding hydrogens is 296 g/mol. The van der Waals surface area contributed by atoms with Gasteiger partial charge in [-0.2, -0.15) is 0 Å². The van der Waals surface area contributed by atoms with E-state index in [4.69, 9.17) is 4.74 Å². The zero-order valence-corrected chi connectivity index (χ0v) is 13.4. The number of fused-ring (bicyclic) bond motifs is 1. The maximum Gasteiger partial charge on any atom is 0.273 e. The first-order valence-corrected chi connectivity index (χ1v) is 8.56. The lowest BCUT2D eigenvalue weighted by molar-refractivity contribution is 0.0728. The van der Waals surface area contributed by atoms with Gasteiger partial charge >= 0.3 is 0 Å². The van der Waals surface area contributed by atoms with E-state index in [0.717, 1.165) is 16.3 Å². The highest BCUT2D eigenvalue weighted by Crippen LogP contribution is 2.41. The lowest BCUT2D eigenvalue weighted by atomic mass is 10.1. The molecule has 4 rings (SSSR count). The van der Waals surface area contributed by atoms with Crippen LogP contribution in [0.15, 0.2) is 23.6 Å². The largest absolute Gasteiger partial charge is 0.491 e. The second kappa shape index (κ2) is 5.39. The van der Waals surface area contributed by atoms with Gasteiger partial charge in [0.25, 0.3) is 5.91 Å². The number of benzene rings is 1. The Hall–Kier alpha value is -1.88. The monoisotopic (exact) mass is 314 g/mol. The Balaban J connectivity index is 1.57. The van der Waals surface area contributed by atoms with Gasteiger partial charge in [0.15, 0.2) is 0 Å². The van der Waals surface area contributed by atoms with Crippen LogP contribution in [0.5, 0.6) is 5.75 Å². The quantitative estimate of drug-likeness (QED) is 0.853. The SMILES string of the molecule is Cc1ccc2c(c1)CN(C(=O)c1csc(C3CC3)n1)CCO2. The van der Waals surface area contributed by atoms with Crippen molar-refractivity contribution >= 4 is 17.2 Å². The summed E-state index contributed by atoms with van der Waals surface area (Å²) >= 11 is 1.62. The molecule has 1 aliphatic heterocycles. The van der Waals surface area contributed by atoms with Crippen molar-refractivity contribution in [3.05, 3.63) is 45.4 Å². The Morgan fingerprint density at radius 3 is 3.09 bits per heavy atom. The maximum atomic E-state index is 12.7. The van der Waals surface area contributed by atoms with Crippen LogP contribution in [0, 0.1) is 6.92 Å². The number of nitrogens with zero attached hydrogens (tertiary/aromatic N) is 2. The Kier molecular flexibility index (Phi) is 3.37. The van der Waals surface area contributed by atoms with Crippen molar-refractivity contribution in [1.29, 1.82) is 0 Å². The summed E-state index contributed by atoms with van der Waals surface area (Å²) in [5, 5.41) is 3.02. The Morgan fingerprint density at radius 1 is 1.41 bits per heavy atom. The molecule has 5 heteroatoms. The fourth-order valence-corrected chi connectivity index (χ4v) is 3.73. The topological polar surface area (TPSA) is 42.4 Å². The van der Waals surface area contributed by atoms with Crippen LogP contribution in [0.2, 0.25) is 0 Å². The molecule has 114 valence electrons. The standard InChI is InChI=1S/C17H18N2O2S/c1-11-2-5-15-13(8-11)9-19(6-7-21-15)17(20)14-10-22-16(18-14)12-3-4-12/h2,5,8,10,12H,3-4,6-7,9H2,1H3. The van der Waals surface area contributed by atoms with Crippen molar-refractivity contribution < 1.29 is 9.53 Å². The zero-order chi connectivity index (χ0) is 15.1. The van der Waals surface area contributed by atoms with E-state index in [0.29, 0.717) is 31.3 Å². The molecule has 1 aromatic heterocycles. The molecule has 0 N–H and O–H groups in total. The third kappa shape index (κ3) is 2.61. The van der Waals surface area contributed by atoms with Gasteiger partial charge in [0.05, 0.1) is 11.6 Å². The first kappa shape index (κ1) is 13.8. The van der Waals surface area contributed by atoms with E-state index < -0.39 is 0 Å². The predicted molar refractivity (Wildman–Crippen MR) is 85.5 cm³/mol. The lowest BCUT2D eigenvalue weighted by Gasteiger charge is -2.18. The van der Waals surface area contributed by atoms with E-state index >= 15 is 0 Å². The fraction of sp³-hybridized carbons (Fsp3) is 0.412. The number of aryl methyl sites for hydroxylation is 1. The van der Waals surface area contributed by atoms with Crippen LogP contribution >= 0.6 is 11.3 Å². The minimum absolute atomic E-state index is 0.0149. The molecule has 0 bridgehead atoms. The smallest absolute Gasteiger partial charge is 0.273 e. The molecule has 1 fully saturated rings. The van der Waals surface area contributed by atoms with E-state index in [-0.39, 0.29) is 5.91 Å². The van der Waals surface area contributed by atoms with Gasteiger partial charge in [0.2, 0.25) is 0 Å². The van der Waals surface area contributed by atoms with Crippen LogP contribution in [-0.2, 0) is 6.54 Å². The van der Waals surface area contributed by atoms with Gasteiger partial charge < -0.3 is 9.64 Å². The molecule has 0 spiro atoms. The van der Waals surface area contributed by atoms with Crippen molar-refractivity contribution in [3.8, 4) is 5.75 Å². The molecule has 0 radical (unpaired) electrons. The predicted octanol–water partition coefficient (Wildman–Crippen LogP) is 3.36. The second-order valence-electron chi connectivity index (χ2n) is 6.03. The fourth-order valence-electron chi connectivity index (χ4n) is 2.76. The number of amides is 1. The van der Waals surface area contributed by atoms with E-state index in [1.54, 1.807) is 11.3 Å². The van der Waals surface area contributed by atoms with Crippen molar-refractivity contribution in [3.63, 3.8) is 0 Å². The Bertz CT molecular complexity index is 721. The number of carbonyl (C=O) groups is 1. The van der Waals surface area contributed by atoms with Gasteiger partial charge in [-0.3, -0.25) is 4.79 Å². The van der Waals surface area contributed by atoms with Gasteiger partial charge in [-0.25, -0.2) is 4.98 Å². The Morgan fingerprint density at radius 2 is 2.27 bits per heavy atom. The minimum atomic E-state index is 0.0149. The number of hydrogen-bond donors (Lipinski definition) is 0. The summed E-state index contributed by atoms with van der Waals surface area (Å²) in [4.78, 5) is 19.1.